The van der Waals surface area contributed by atoms with E-state index < -0.39 is 8.56 Å². The molecular formula is C16H32O6Si. The van der Waals surface area contributed by atoms with Crippen LogP contribution in [0.15, 0.2) is 0 Å². The number of ether oxygens (including phenoxy) is 4. The second-order valence-electron chi connectivity index (χ2n) is 5.91. The molecule has 4 unspecified atom stereocenters. The first-order valence-corrected chi connectivity index (χ1v) is 10.9. The Morgan fingerprint density at radius 2 is 1.22 bits per heavy atom. The highest BCUT2D eigenvalue weighted by atomic mass is 28.4. The first-order valence-electron chi connectivity index (χ1n) is 8.97. The van der Waals surface area contributed by atoms with Gasteiger partial charge in [-0.05, 0) is 26.7 Å². The lowest BCUT2D eigenvalue weighted by Gasteiger charge is -2.40. The van der Waals surface area contributed by atoms with Crippen LogP contribution in [0.2, 0.25) is 0 Å². The van der Waals surface area contributed by atoms with Crippen LogP contribution in [0.5, 0.6) is 0 Å². The Balaban J connectivity index is 2.25. The van der Waals surface area contributed by atoms with Gasteiger partial charge < -0.3 is 27.8 Å². The van der Waals surface area contributed by atoms with Gasteiger partial charge >= 0.3 is 8.56 Å². The summed E-state index contributed by atoms with van der Waals surface area (Å²) >= 11 is 0. The normalized spacial score (nSPS) is 26.1. The summed E-state index contributed by atoms with van der Waals surface area (Å²) in [6.07, 6.45) is 2.01. The molecular weight excluding hydrogens is 316 g/mol. The van der Waals surface area contributed by atoms with Crippen LogP contribution in [-0.4, -0.2) is 71.9 Å². The van der Waals surface area contributed by atoms with Crippen molar-refractivity contribution in [2.45, 2.75) is 64.2 Å². The summed E-state index contributed by atoms with van der Waals surface area (Å²) in [5.74, 6) is 0. The zero-order chi connectivity index (χ0) is 16.7. The van der Waals surface area contributed by atoms with Crippen molar-refractivity contribution >= 4 is 8.56 Å². The molecule has 0 aromatic heterocycles. The topological polar surface area (TPSA) is 62.0 Å². The quantitative estimate of drug-likeness (QED) is 0.353. The second kappa shape index (κ2) is 9.46. The highest BCUT2D eigenvalue weighted by Gasteiger charge is 2.64. The minimum atomic E-state index is -2.82. The minimum Gasteiger partial charge on any atom is -0.391 e. The number of rotatable bonds is 14. The first-order chi connectivity index (χ1) is 11.2. The summed E-state index contributed by atoms with van der Waals surface area (Å²) in [6, 6.07) is 0. The highest BCUT2D eigenvalue weighted by Crippen LogP contribution is 2.36. The van der Waals surface area contributed by atoms with Crippen LogP contribution >= 0.6 is 0 Å². The fourth-order valence-corrected chi connectivity index (χ4v) is 6.99. The number of epoxide rings is 2. The zero-order valence-corrected chi connectivity index (χ0v) is 15.9. The summed E-state index contributed by atoms with van der Waals surface area (Å²) in [5.41, 5.74) is -0.346. The van der Waals surface area contributed by atoms with Gasteiger partial charge in [-0.25, -0.2) is 0 Å². The molecule has 2 rings (SSSR count). The van der Waals surface area contributed by atoms with Gasteiger partial charge in [-0.1, -0.05) is 13.8 Å². The van der Waals surface area contributed by atoms with Crippen LogP contribution in [0.3, 0.4) is 0 Å². The molecule has 0 amide bonds. The van der Waals surface area contributed by atoms with E-state index in [2.05, 4.69) is 13.8 Å². The fourth-order valence-electron chi connectivity index (χ4n) is 2.90. The smallest absolute Gasteiger partial charge is 0.391 e. The van der Waals surface area contributed by atoms with Gasteiger partial charge in [-0.15, -0.1) is 0 Å². The van der Waals surface area contributed by atoms with E-state index in [1.54, 1.807) is 0 Å². The summed E-state index contributed by atoms with van der Waals surface area (Å²) in [5, 5.41) is 0. The van der Waals surface area contributed by atoms with E-state index >= 15 is 0 Å². The fraction of sp³-hybridized carbons (Fsp3) is 1.00. The van der Waals surface area contributed by atoms with Crippen molar-refractivity contribution in [3.05, 3.63) is 0 Å². The molecule has 0 radical (unpaired) electrons. The van der Waals surface area contributed by atoms with Crippen molar-refractivity contribution in [1.82, 2.24) is 0 Å². The van der Waals surface area contributed by atoms with Gasteiger partial charge in [-0.3, -0.25) is 0 Å². The lowest BCUT2D eigenvalue weighted by molar-refractivity contribution is -0.0164. The summed E-state index contributed by atoms with van der Waals surface area (Å²) in [7, 11) is -2.82. The van der Waals surface area contributed by atoms with E-state index in [9.17, 15) is 0 Å². The van der Waals surface area contributed by atoms with Crippen molar-refractivity contribution in [1.29, 1.82) is 0 Å². The van der Waals surface area contributed by atoms with E-state index in [1.165, 1.54) is 0 Å². The van der Waals surface area contributed by atoms with Crippen molar-refractivity contribution in [2.75, 3.05) is 39.6 Å². The van der Waals surface area contributed by atoms with Crippen LogP contribution in [0.4, 0.5) is 0 Å². The van der Waals surface area contributed by atoms with Gasteiger partial charge in [-0.2, -0.15) is 0 Å². The molecule has 2 aliphatic heterocycles. The van der Waals surface area contributed by atoms with E-state index in [0.29, 0.717) is 39.6 Å². The third kappa shape index (κ3) is 4.98. The molecule has 0 N–H and O–H groups in total. The minimum absolute atomic E-state index is 0.0535. The van der Waals surface area contributed by atoms with E-state index in [0.717, 1.165) is 12.8 Å². The third-order valence-electron chi connectivity index (χ3n) is 3.93. The molecule has 2 saturated heterocycles. The van der Waals surface area contributed by atoms with E-state index in [1.807, 2.05) is 13.8 Å². The molecule has 0 spiro atoms. The molecule has 136 valence electrons. The summed E-state index contributed by atoms with van der Waals surface area (Å²) < 4.78 is 36.1. The van der Waals surface area contributed by atoms with E-state index in [4.69, 9.17) is 27.8 Å². The Kier molecular flexibility index (Phi) is 7.94. The molecule has 6 nitrogen and oxygen atoms in total. The molecule has 0 aromatic rings. The van der Waals surface area contributed by atoms with Gasteiger partial charge in [0.2, 0.25) is 0 Å². The Labute approximate surface area is 141 Å². The molecule has 0 bridgehead atoms. The van der Waals surface area contributed by atoms with Gasteiger partial charge in [0.15, 0.2) is 0 Å². The predicted molar refractivity (Wildman–Crippen MR) is 88.5 cm³/mol. The summed E-state index contributed by atoms with van der Waals surface area (Å²) in [4.78, 5) is 0. The van der Waals surface area contributed by atoms with Gasteiger partial charge in [0, 0.05) is 26.4 Å². The Hall–Kier alpha value is -0.0231. The van der Waals surface area contributed by atoms with Gasteiger partial charge in [0.25, 0.3) is 0 Å². The largest absolute Gasteiger partial charge is 0.403 e. The Bertz CT molecular complexity index is 303. The number of hydrogen-bond donors (Lipinski definition) is 0. The molecule has 4 atom stereocenters. The average molecular weight is 349 g/mol. The van der Waals surface area contributed by atoms with Crippen LogP contribution in [0.25, 0.3) is 0 Å². The summed E-state index contributed by atoms with van der Waals surface area (Å²) in [6.45, 7) is 12.1. The molecule has 2 fully saturated rings. The predicted octanol–water partition coefficient (Wildman–Crippen LogP) is 1.97. The lowest BCUT2D eigenvalue weighted by atomic mass is 10.5. The Morgan fingerprint density at radius 3 is 1.48 bits per heavy atom. The number of hydrogen-bond acceptors (Lipinski definition) is 6. The van der Waals surface area contributed by atoms with Crippen LogP contribution in [0, 0.1) is 0 Å². The van der Waals surface area contributed by atoms with Crippen LogP contribution in [0.1, 0.15) is 40.5 Å². The molecule has 2 heterocycles. The SMILES string of the molecule is CCCOC(C1CO1)[Si](OCC)(OCC)C(OCCC)C1CO1. The van der Waals surface area contributed by atoms with E-state index in [-0.39, 0.29) is 23.7 Å². The lowest BCUT2D eigenvalue weighted by Crippen LogP contribution is -2.67. The monoisotopic (exact) mass is 348 g/mol. The standard InChI is InChI=1S/C16H32O6Si/c1-5-9-17-15(13-11-19-13)23(21-7-3,22-8-4)16(14-12-20-14)18-10-6-2/h13-16H,5-12H2,1-4H3. The maximum atomic E-state index is 6.30. The van der Waals surface area contributed by atoms with Gasteiger partial charge in [0.1, 0.15) is 23.7 Å². The maximum Gasteiger partial charge on any atom is 0.403 e. The third-order valence-corrected chi connectivity index (χ3v) is 8.07. The van der Waals surface area contributed by atoms with Crippen LogP contribution in [-0.2, 0) is 27.8 Å². The zero-order valence-electron chi connectivity index (χ0n) is 14.9. The molecule has 2 aliphatic rings. The molecule has 0 aromatic carbocycles. The molecule has 0 aliphatic carbocycles. The molecule has 0 saturated carbocycles. The maximum absolute atomic E-state index is 6.30. The average Bonchev–Trinajstić information content (AvgIpc) is 3.41. The van der Waals surface area contributed by atoms with Crippen molar-refractivity contribution in [3.8, 4) is 0 Å². The van der Waals surface area contributed by atoms with Gasteiger partial charge in [0.05, 0.1) is 13.2 Å². The van der Waals surface area contributed by atoms with Crippen LogP contribution < -0.4 is 0 Å². The Morgan fingerprint density at radius 1 is 0.826 bits per heavy atom. The second-order valence-corrected chi connectivity index (χ2v) is 9.07. The van der Waals surface area contributed by atoms with Crippen molar-refractivity contribution in [2.24, 2.45) is 0 Å². The highest BCUT2D eigenvalue weighted by molar-refractivity contribution is 6.70. The first kappa shape index (κ1) is 19.3. The molecule has 7 heteroatoms. The van der Waals surface area contributed by atoms with Crippen molar-refractivity contribution < 1.29 is 27.8 Å². The van der Waals surface area contributed by atoms with Crippen molar-refractivity contribution in [3.63, 3.8) is 0 Å². The molecule has 23 heavy (non-hydrogen) atoms.